The topological polar surface area (TPSA) is 86.1 Å². The summed E-state index contributed by atoms with van der Waals surface area (Å²) in [4.78, 5) is 34.0. The largest absolute Gasteiger partial charge is 0.462 e. The Labute approximate surface area is 166 Å². The van der Waals surface area contributed by atoms with Gasteiger partial charge >= 0.3 is 5.97 Å². The van der Waals surface area contributed by atoms with Crippen molar-refractivity contribution in [1.82, 2.24) is 14.5 Å². The molecule has 0 aliphatic carbocycles. The lowest BCUT2D eigenvalue weighted by Crippen LogP contribution is -2.21. The molecular weight excluding hydrogens is 368 g/mol. The zero-order chi connectivity index (χ0) is 20.2. The second kappa shape index (κ2) is 7.93. The van der Waals surface area contributed by atoms with Gasteiger partial charge in [-0.1, -0.05) is 36.4 Å². The molecule has 29 heavy (non-hydrogen) atoms. The average Bonchev–Trinajstić information content (AvgIpc) is 2.75. The number of rotatable bonds is 5. The van der Waals surface area contributed by atoms with Crippen molar-refractivity contribution in [3.8, 4) is 5.69 Å². The number of anilines is 2. The van der Waals surface area contributed by atoms with E-state index >= 15 is 0 Å². The Kier molecular flexibility index (Phi) is 5.03. The Hall–Kier alpha value is -4.00. The highest BCUT2D eigenvalue weighted by molar-refractivity contribution is 5.93. The molecule has 0 aliphatic heterocycles. The van der Waals surface area contributed by atoms with Crippen molar-refractivity contribution in [2.45, 2.75) is 6.92 Å². The van der Waals surface area contributed by atoms with Crippen LogP contribution in [0.3, 0.4) is 0 Å². The molecule has 2 heterocycles. The van der Waals surface area contributed by atoms with E-state index in [4.69, 9.17) is 4.74 Å². The maximum atomic E-state index is 12.9. The average molecular weight is 386 g/mol. The summed E-state index contributed by atoms with van der Waals surface area (Å²) in [5.74, 6) is -0.327. The van der Waals surface area contributed by atoms with Gasteiger partial charge in [0, 0.05) is 23.8 Å². The molecule has 0 atom stereocenters. The minimum Gasteiger partial charge on any atom is -0.462 e. The lowest BCUT2D eigenvalue weighted by molar-refractivity contribution is 0.0524. The fraction of sp³-hybridized carbons (Fsp3) is 0.0909. The Morgan fingerprint density at radius 2 is 1.76 bits per heavy atom. The van der Waals surface area contributed by atoms with Gasteiger partial charge in [-0.25, -0.2) is 9.78 Å². The molecule has 0 fully saturated rings. The van der Waals surface area contributed by atoms with Gasteiger partial charge in [-0.05, 0) is 31.2 Å². The highest BCUT2D eigenvalue weighted by Gasteiger charge is 2.19. The standard InChI is InChI=1S/C22H18N4O3/c1-2-29-21(28)18-14-26(16-11-7-4-8-12-16)20-17(19(18)27)13-23-22(25-20)24-15-9-5-3-6-10-15/h3-14H,2H2,1H3,(H,23,24,25). The van der Waals surface area contributed by atoms with E-state index in [0.29, 0.717) is 11.6 Å². The van der Waals surface area contributed by atoms with Gasteiger partial charge in [-0.2, -0.15) is 4.98 Å². The molecular formula is C22H18N4O3. The van der Waals surface area contributed by atoms with Crippen LogP contribution in [0.1, 0.15) is 17.3 Å². The molecule has 0 radical (unpaired) electrons. The molecule has 2 aromatic heterocycles. The fourth-order valence-electron chi connectivity index (χ4n) is 2.96. The van der Waals surface area contributed by atoms with E-state index in [1.807, 2.05) is 60.7 Å². The highest BCUT2D eigenvalue weighted by atomic mass is 16.5. The van der Waals surface area contributed by atoms with E-state index in [2.05, 4.69) is 15.3 Å². The van der Waals surface area contributed by atoms with E-state index in [9.17, 15) is 9.59 Å². The van der Waals surface area contributed by atoms with Crippen LogP contribution in [0.4, 0.5) is 11.6 Å². The first-order valence-corrected chi connectivity index (χ1v) is 9.14. The van der Waals surface area contributed by atoms with Crippen molar-refractivity contribution in [3.05, 3.63) is 88.8 Å². The summed E-state index contributed by atoms with van der Waals surface area (Å²) in [6.45, 7) is 1.87. The summed E-state index contributed by atoms with van der Waals surface area (Å²) in [6, 6.07) is 18.8. The number of hydrogen-bond donors (Lipinski definition) is 1. The number of carbonyl (C=O) groups excluding carboxylic acids is 1. The van der Waals surface area contributed by atoms with Crippen LogP contribution in [0.5, 0.6) is 0 Å². The van der Waals surface area contributed by atoms with Crippen LogP contribution in [-0.2, 0) is 4.74 Å². The molecule has 0 bridgehead atoms. The maximum absolute atomic E-state index is 12.9. The van der Waals surface area contributed by atoms with Crippen LogP contribution in [0.25, 0.3) is 16.7 Å². The van der Waals surface area contributed by atoms with Crippen molar-refractivity contribution in [3.63, 3.8) is 0 Å². The highest BCUT2D eigenvalue weighted by Crippen LogP contribution is 2.19. The predicted octanol–water partition coefficient (Wildman–Crippen LogP) is 3.70. The number of aromatic nitrogens is 3. The van der Waals surface area contributed by atoms with Gasteiger partial charge in [0.15, 0.2) is 5.65 Å². The van der Waals surface area contributed by atoms with Gasteiger partial charge in [0.2, 0.25) is 11.4 Å². The van der Waals surface area contributed by atoms with Crippen molar-refractivity contribution in [1.29, 1.82) is 0 Å². The molecule has 0 unspecified atom stereocenters. The predicted molar refractivity (Wildman–Crippen MR) is 111 cm³/mol. The first-order valence-electron chi connectivity index (χ1n) is 9.14. The third kappa shape index (κ3) is 3.70. The summed E-state index contributed by atoms with van der Waals surface area (Å²) >= 11 is 0. The molecule has 4 aromatic rings. The number of ether oxygens (including phenoxy) is 1. The minimum absolute atomic E-state index is 0.0597. The SMILES string of the molecule is CCOC(=O)c1cn(-c2ccccc2)c2nc(Nc3ccccc3)ncc2c1=O. The first-order chi connectivity index (χ1) is 14.2. The second-order valence-electron chi connectivity index (χ2n) is 6.22. The Balaban J connectivity index is 1.92. The van der Waals surface area contributed by atoms with E-state index in [0.717, 1.165) is 11.4 Å². The summed E-state index contributed by atoms with van der Waals surface area (Å²) in [6.07, 6.45) is 2.90. The van der Waals surface area contributed by atoms with Gasteiger partial charge < -0.3 is 14.6 Å². The number of para-hydroxylation sites is 2. The molecule has 144 valence electrons. The Bertz CT molecular complexity index is 1220. The van der Waals surface area contributed by atoms with E-state index < -0.39 is 11.4 Å². The molecule has 0 saturated carbocycles. The van der Waals surface area contributed by atoms with Crippen LogP contribution >= 0.6 is 0 Å². The number of carbonyl (C=O) groups is 1. The van der Waals surface area contributed by atoms with Crippen LogP contribution in [0.2, 0.25) is 0 Å². The van der Waals surface area contributed by atoms with Crippen LogP contribution < -0.4 is 10.7 Å². The lowest BCUT2D eigenvalue weighted by Gasteiger charge is -2.13. The summed E-state index contributed by atoms with van der Waals surface area (Å²) in [5.41, 5.74) is 1.45. The number of pyridine rings is 1. The maximum Gasteiger partial charge on any atom is 0.343 e. The molecule has 2 aromatic carbocycles. The monoisotopic (exact) mass is 386 g/mol. The number of nitrogens with one attached hydrogen (secondary N) is 1. The number of hydrogen-bond acceptors (Lipinski definition) is 6. The van der Waals surface area contributed by atoms with Gasteiger partial charge in [0.1, 0.15) is 5.56 Å². The van der Waals surface area contributed by atoms with Crippen molar-refractivity contribution < 1.29 is 9.53 Å². The second-order valence-corrected chi connectivity index (χ2v) is 6.22. The lowest BCUT2D eigenvalue weighted by atomic mass is 10.2. The number of fused-ring (bicyclic) bond motifs is 1. The fourth-order valence-corrected chi connectivity index (χ4v) is 2.96. The number of nitrogens with zero attached hydrogens (tertiary/aromatic N) is 3. The normalized spacial score (nSPS) is 10.7. The number of benzene rings is 2. The molecule has 7 nitrogen and oxygen atoms in total. The third-order valence-corrected chi connectivity index (χ3v) is 4.30. The first kappa shape index (κ1) is 18.4. The number of esters is 1. The quantitative estimate of drug-likeness (QED) is 0.527. The van der Waals surface area contributed by atoms with Crippen LogP contribution in [0, 0.1) is 0 Å². The van der Waals surface area contributed by atoms with Gasteiger partial charge in [0.25, 0.3) is 0 Å². The molecule has 0 aliphatic rings. The molecule has 0 spiro atoms. The van der Waals surface area contributed by atoms with Crippen molar-refractivity contribution in [2.24, 2.45) is 0 Å². The minimum atomic E-state index is -0.671. The van der Waals surface area contributed by atoms with E-state index in [-0.39, 0.29) is 17.6 Å². The van der Waals surface area contributed by atoms with Crippen molar-refractivity contribution in [2.75, 3.05) is 11.9 Å². The molecule has 1 N–H and O–H groups in total. The summed E-state index contributed by atoms with van der Waals surface area (Å²) in [7, 11) is 0. The zero-order valence-corrected chi connectivity index (χ0v) is 15.7. The van der Waals surface area contributed by atoms with Gasteiger partial charge in [-0.15, -0.1) is 0 Å². The molecule has 4 rings (SSSR count). The Morgan fingerprint density at radius 1 is 1.07 bits per heavy atom. The Morgan fingerprint density at radius 3 is 2.45 bits per heavy atom. The third-order valence-electron chi connectivity index (χ3n) is 4.30. The van der Waals surface area contributed by atoms with Gasteiger partial charge in [-0.3, -0.25) is 4.79 Å². The van der Waals surface area contributed by atoms with E-state index in [1.54, 1.807) is 11.5 Å². The van der Waals surface area contributed by atoms with Crippen LogP contribution in [0.15, 0.2) is 77.9 Å². The van der Waals surface area contributed by atoms with Crippen molar-refractivity contribution >= 4 is 28.6 Å². The summed E-state index contributed by atoms with van der Waals surface area (Å²) < 4.78 is 6.74. The summed E-state index contributed by atoms with van der Waals surface area (Å²) in [5, 5.41) is 3.36. The zero-order valence-electron chi connectivity index (χ0n) is 15.7. The molecule has 0 saturated heterocycles. The van der Waals surface area contributed by atoms with Crippen LogP contribution in [-0.4, -0.2) is 27.1 Å². The molecule has 7 heteroatoms. The van der Waals surface area contributed by atoms with Gasteiger partial charge in [0.05, 0.1) is 12.0 Å². The smallest absolute Gasteiger partial charge is 0.343 e. The van der Waals surface area contributed by atoms with E-state index in [1.165, 1.54) is 12.4 Å². The molecule has 0 amide bonds.